The Hall–Kier alpha value is -2.40. The monoisotopic (exact) mass is 327 g/mol. The number of hydrogen-bond acceptors (Lipinski definition) is 2. The van der Waals surface area contributed by atoms with Gasteiger partial charge in [0.2, 0.25) is 0 Å². The summed E-state index contributed by atoms with van der Waals surface area (Å²) < 4.78 is 0. The van der Waals surface area contributed by atoms with Crippen molar-refractivity contribution in [3.63, 3.8) is 0 Å². The predicted molar refractivity (Wildman–Crippen MR) is 98.7 cm³/mol. The van der Waals surface area contributed by atoms with Crippen molar-refractivity contribution in [2.24, 2.45) is 0 Å². The minimum Gasteiger partial charge on any atom is -0.331 e. The Labute approximate surface area is 142 Å². The number of hydrogen-bond donors (Lipinski definition) is 3. The number of rotatable bonds is 2. The number of aryl methyl sites for hydroxylation is 3. The molecule has 23 heavy (non-hydrogen) atoms. The molecule has 2 aromatic rings. The third-order valence-electron chi connectivity index (χ3n) is 3.77. The van der Waals surface area contributed by atoms with Gasteiger partial charge in [-0.25, -0.2) is 0 Å². The van der Waals surface area contributed by atoms with E-state index in [0.717, 1.165) is 22.4 Å². The normalized spacial score (nSPS) is 10.1. The van der Waals surface area contributed by atoms with Crippen molar-refractivity contribution in [1.82, 2.24) is 10.9 Å². The van der Waals surface area contributed by atoms with Crippen LogP contribution in [0.15, 0.2) is 36.4 Å². The fourth-order valence-corrected chi connectivity index (χ4v) is 2.45. The van der Waals surface area contributed by atoms with Crippen molar-refractivity contribution >= 4 is 28.9 Å². The maximum atomic E-state index is 12.2. The number of hydrazine groups is 1. The van der Waals surface area contributed by atoms with E-state index < -0.39 is 0 Å². The molecule has 2 aromatic carbocycles. The van der Waals surface area contributed by atoms with Crippen molar-refractivity contribution in [1.29, 1.82) is 0 Å². The molecule has 0 aliphatic carbocycles. The molecule has 0 radical (unpaired) electrons. The van der Waals surface area contributed by atoms with Crippen LogP contribution in [-0.4, -0.2) is 11.0 Å². The molecule has 0 bridgehead atoms. The summed E-state index contributed by atoms with van der Waals surface area (Å²) in [5.41, 5.74) is 11.3. The second-order valence-corrected chi connectivity index (χ2v) is 6.01. The molecule has 3 N–H and O–H groups in total. The van der Waals surface area contributed by atoms with Crippen molar-refractivity contribution in [2.75, 3.05) is 5.32 Å². The van der Waals surface area contributed by atoms with E-state index in [1.54, 1.807) is 0 Å². The Bertz CT molecular complexity index is 756. The number of amides is 1. The molecule has 120 valence electrons. The molecule has 0 atom stereocenters. The minimum atomic E-state index is -0.215. The Morgan fingerprint density at radius 2 is 1.70 bits per heavy atom. The Balaban J connectivity index is 1.96. The van der Waals surface area contributed by atoms with E-state index in [4.69, 9.17) is 12.2 Å². The molecule has 0 unspecified atom stereocenters. The highest BCUT2D eigenvalue weighted by molar-refractivity contribution is 7.80. The molecule has 0 fully saturated rings. The number of carbonyl (C=O) groups is 1. The summed E-state index contributed by atoms with van der Waals surface area (Å²) in [4.78, 5) is 12.2. The summed E-state index contributed by atoms with van der Waals surface area (Å²) in [6.07, 6.45) is 0. The van der Waals surface area contributed by atoms with E-state index in [1.807, 2.05) is 64.1 Å². The lowest BCUT2D eigenvalue weighted by Crippen LogP contribution is -2.44. The number of nitrogens with one attached hydrogen (secondary N) is 3. The Morgan fingerprint density at radius 3 is 2.39 bits per heavy atom. The topological polar surface area (TPSA) is 53.2 Å². The molecule has 0 spiro atoms. The van der Waals surface area contributed by atoms with E-state index >= 15 is 0 Å². The second kappa shape index (κ2) is 7.24. The van der Waals surface area contributed by atoms with Crippen LogP contribution in [0, 0.1) is 27.7 Å². The number of thiocarbonyl (C=S) groups is 1. The summed E-state index contributed by atoms with van der Waals surface area (Å²) in [5.74, 6) is -0.215. The van der Waals surface area contributed by atoms with E-state index in [1.165, 1.54) is 5.56 Å². The molecule has 1 amide bonds. The zero-order valence-electron chi connectivity index (χ0n) is 13.8. The van der Waals surface area contributed by atoms with Gasteiger partial charge in [0.25, 0.3) is 5.91 Å². The summed E-state index contributed by atoms with van der Waals surface area (Å²) in [7, 11) is 0. The van der Waals surface area contributed by atoms with Crippen LogP contribution in [0.4, 0.5) is 5.69 Å². The van der Waals surface area contributed by atoms with Crippen molar-refractivity contribution in [2.45, 2.75) is 27.7 Å². The van der Waals surface area contributed by atoms with Gasteiger partial charge in [-0.2, -0.15) is 0 Å². The largest absolute Gasteiger partial charge is 0.331 e. The van der Waals surface area contributed by atoms with E-state index in [0.29, 0.717) is 10.7 Å². The predicted octanol–water partition coefficient (Wildman–Crippen LogP) is 3.55. The van der Waals surface area contributed by atoms with Crippen molar-refractivity contribution < 1.29 is 4.79 Å². The molecular weight excluding hydrogens is 306 g/mol. The first-order valence-corrected chi connectivity index (χ1v) is 7.80. The molecule has 0 saturated carbocycles. The third kappa shape index (κ3) is 4.29. The van der Waals surface area contributed by atoms with Gasteiger partial charge in [-0.1, -0.05) is 29.8 Å². The molecule has 0 aliphatic rings. The zero-order chi connectivity index (χ0) is 17.0. The molecule has 0 saturated heterocycles. The average molecular weight is 327 g/mol. The summed E-state index contributed by atoms with van der Waals surface area (Å²) in [6, 6.07) is 11.6. The van der Waals surface area contributed by atoms with Gasteiger partial charge < -0.3 is 5.32 Å². The van der Waals surface area contributed by atoms with Gasteiger partial charge in [0.15, 0.2) is 5.11 Å². The number of benzene rings is 2. The smallest absolute Gasteiger partial charge is 0.269 e. The fourth-order valence-electron chi connectivity index (χ4n) is 2.29. The van der Waals surface area contributed by atoms with Gasteiger partial charge in [0.1, 0.15) is 0 Å². The van der Waals surface area contributed by atoms with Gasteiger partial charge in [0.05, 0.1) is 0 Å². The quantitative estimate of drug-likeness (QED) is 0.583. The van der Waals surface area contributed by atoms with E-state index in [9.17, 15) is 4.79 Å². The molecule has 0 heterocycles. The lowest BCUT2D eigenvalue weighted by molar-refractivity contribution is 0.0943. The fraction of sp³-hybridized carbons (Fsp3) is 0.222. The van der Waals surface area contributed by atoms with Crippen LogP contribution >= 0.6 is 12.2 Å². The molecule has 0 aromatic heterocycles. The summed E-state index contributed by atoms with van der Waals surface area (Å²) >= 11 is 5.22. The summed E-state index contributed by atoms with van der Waals surface area (Å²) in [5, 5.41) is 3.43. The van der Waals surface area contributed by atoms with Gasteiger partial charge in [-0.3, -0.25) is 15.6 Å². The number of carbonyl (C=O) groups excluding carboxylic acids is 1. The molecule has 4 nitrogen and oxygen atoms in total. The third-order valence-corrected chi connectivity index (χ3v) is 3.97. The van der Waals surface area contributed by atoms with Crippen LogP contribution in [0.25, 0.3) is 0 Å². The van der Waals surface area contributed by atoms with Crippen LogP contribution < -0.4 is 16.2 Å². The lowest BCUT2D eigenvalue weighted by atomic mass is 10.1. The van der Waals surface area contributed by atoms with Gasteiger partial charge >= 0.3 is 0 Å². The van der Waals surface area contributed by atoms with Crippen LogP contribution in [0.1, 0.15) is 32.6 Å². The van der Waals surface area contributed by atoms with Gasteiger partial charge in [-0.15, -0.1) is 0 Å². The maximum Gasteiger partial charge on any atom is 0.269 e. The molecular formula is C18H21N3OS. The second-order valence-electron chi connectivity index (χ2n) is 5.60. The van der Waals surface area contributed by atoms with Crippen LogP contribution in [0.2, 0.25) is 0 Å². The van der Waals surface area contributed by atoms with Crippen molar-refractivity contribution in [3.05, 3.63) is 64.2 Å². The van der Waals surface area contributed by atoms with Crippen LogP contribution in [0.3, 0.4) is 0 Å². The van der Waals surface area contributed by atoms with Crippen LogP contribution in [0.5, 0.6) is 0 Å². The zero-order valence-corrected chi connectivity index (χ0v) is 14.6. The summed E-state index contributed by atoms with van der Waals surface area (Å²) in [6.45, 7) is 7.97. The highest BCUT2D eigenvalue weighted by Gasteiger charge is 2.09. The molecule has 0 aliphatic heterocycles. The Morgan fingerprint density at radius 1 is 0.957 bits per heavy atom. The first-order valence-electron chi connectivity index (χ1n) is 7.39. The molecule has 2 rings (SSSR count). The highest BCUT2D eigenvalue weighted by Crippen LogP contribution is 2.17. The minimum absolute atomic E-state index is 0.215. The van der Waals surface area contributed by atoms with Gasteiger partial charge in [0, 0.05) is 11.3 Å². The Kier molecular flexibility index (Phi) is 5.34. The van der Waals surface area contributed by atoms with Gasteiger partial charge in [-0.05, 0) is 68.7 Å². The van der Waals surface area contributed by atoms with Crippen LogP contribution in [-0.2, 0) is 0 Å². The average Bonchev–Trinajstić information content (AvgIpc) is 2.49. The van der Waals surface area contributed by atoms with Crippen molar-refractivity contribution in [3.8, 4) is 0 Å². The maximum absolute atomic E-state index is 12.2. The van der Waals surface area contributed by atoms with E-state index in [2.05, 4.69) is 16.2 Å². The SMILES string of the molecule is Cc1ccc(C(=O)NNC(=S)Nc2cccc(C)c2C)c(C)c1. The lowest BCUT2D eigenvalue weighted by Gasteiger charge is -2.15. The standard InChI is InChI=1S/C18H21N3OS/c1-11-8-9-15(13(3)10-11)17(22)20-21-18(23)19-16-7-5-6-12(2)14(16)4/h5-10H,1-4H3,(H,20,22)(H2,19,21,23). The molecule has 5 heteroatoms. The first-order chi connectivity index (χ1) is 10.9. The highest BCUT2D eigenvalue weighted by atomic mass is 32.1. The van der Waals surface area contributed by atoms with E-state index in [-0.39, 0.29) is 5.91 Å². The number of anilines is 1. The first kappa shape index (κ1) is 17.0.